The summed E-state index contributed by atoms with van der Waals surface area (Å²) in [5, 5.41) is 30.5. The number of carbonyl (C=O) groups is 1. The Hall–Kier alpha value is -0.560. The van der Waals surface area contributed by atoms with Gasteiger partial charge in [0, 0.05) is 16.7 Å². The van der Waals surface area contributed by atoms with E-state index >= 15 is 0 Å². The van der Waals surface area contributed by atoms with E-state index in [-0.39, 0.29) is 16.9 Å². The standard InChI is InChI=1S/C8H10O4S2/c9-6(1-13)7(10)4-2-14-3-5(4)8(11)12/h2-3,6-7,9-10,13H,1H2,(H,11,12). The van der Waals surface area contributed by atoms with Crippen LogP contribution in [0.25, 0.3) is 0 Å². The number of thiophene rings is 1. The molecule has 0 aliphatic heterocycles. The predicted molar refractivity (Wildman–Crippen MR) is 56.1 cm³/mol. The second kappa shape index (κ2) is 4.79. The molecule has 1 aromatic rings. The molecule has 1 heterocycles. The predicted octanol–water partition coefficient (Wildman–Crippen LogP) is 0.770. The van der Waals surface area contributed by atoms with Crippen LogP contribution in [0.1, 0.15) is 22.0 Å². The van der Waals surface area contributed by atoms with Gasteiger partial charge in [-0.1, -0.05) is 0 Å². The van der Waals surface area contributed by atoms with Gasteiger partial charge >= 0.3 is 5.97 Å². The van der Waals surface area contributed by atoms with Gasteiger partial charge in [-0.25, -0.2) is 4.79 Å². The lowest BCUT2D eigenvalue weighted by Crippen LogP contribution is -2.21. The Bertz CT molecular complexity index is 323. The Morgan fingerprint density at radius 3 is 2.64 bits per heavy atom. The monoisotopic (exact) mass is 234 g/mol. The van der Waals surface area contributed by atoms with Gasteiger partial charge in [-0.05, 0) is 5.38 Å². The van der Waals surface area contributed by atoms with Gasteiger partial charge in [0.05, 0.1) is 11.7 Å². The van der Waals surface area contributed by atoms with Crippen molar-refractivity contribution in [3.8, 4) is 0 Å². The smallest absolute Gasteiger partial charge is 0.336 e. The van der Waals surface area contributed by atoms with Crippen LogP contribution >= 0.6 is 24.0 Å². The number of carboxylic acids is 1. The molecule has 4 nitrogen and oxygen atoms in total. The molecule has 78 valence electrons. The van der Waals surface area contributed by atoms with Crippen molar-refractivity contribution in [2.45, 2.75) is 12.2 Å². The van der Waals surface area contributed by atoms with Crippen molar-refractivity contribution in [3.63, 3.8) is 0 Å². The maximum absolute atomic E-state index is 10.7. The molecular formula is C8H10O4S2. The number of aromatic carboxylic acids is 1. The highest BCUT2D eigenvalue weighted by Crippen LogP contribution is 2.25. The lowest BCUT2D eigenvalue weighted by atomic mass is 10.0. The van der Waals surface area contributed by atoms with Gasteiger partial charge in [-0.2, -0.15) is 24.0 Å². The fraction of sp³-hybridized carbons (Fsp3) is 0.375. The Morgan fingerprint density at radius 1 is 1.50 bits per heavy atom. The summed E-state index contributed by atoms with van der Waals surface area (Å²) >= 11 is 4.99. The van der Waals surface area contributed by atoms with Crippen LogP contribution < -0.4 is 0 Å². The fourth-order valence-corrected chi connectivity index (χ4v) is 2.07. The molecule has 2 atom stereocenters. The lowest BCUT2D eigenvalue weighted by Gasteiger charge is -2.15. The van der Waals surface area contributed by atoms with Crippen molar-refractivity contribution in [1.29, 1.82) is 0 Å². The highest BCUT2D eigenvalue weighted by atomic mass is 32.1. The molecule has 0 radical (unpaired) electrons. The van der Waals surface area contributed by atoms with Gasteiger partial charge < -0.3 is 15.3 Å². The maximum atomic E-state index is 10.7. The molecular weight excluding hydrogens is 224 g/mol. The van der Waals surface area contributed by atoms with Gasteiger partial charge in [-0.3, -0.25) is 0 Å². The Labute approximate surface area is 90.2 Å². The molecule has 0 fully saturated rings. The number of carboxylic acid groups (broad SMARTS) is 1. The summed E-state index contributed by atoms with van der Waals surface area (Å²) in [6, 6.07) is 0. The number of hydrogen-bond donors (Lipinski definition) is 4. The van der Waals surface area contributed by atoms with E-state index in [1.54, 1.807) is 0 Å². The molecule has 0 amide bonds. The molecule has 0 saturated heterocycles. The van der Waals surface area contributed by atoms with E-state index in [0.29, 0.717) is 0 Å². The third-order valence-corrected chi connectivity index (χ3v) is 2.93. The second-order valence-electron chi connectivity index (χ2n) is 2.74. The quantitative estimate of drug-likeness (QED) is 0.580. The van der Waals surface area contributed by atoms with Crippen molar-refractivity contribution >= 4 is 29.9 Å². The number of hydrogen-bond acceptors (Lipinski definition) is 5. The van der Waals surface area contributed by atoms with E-state index in [4.69, 9.17) is 5.11 Å². The van der Waals surface area contributed by atoms with E-state index in [0.717, 1.165) is 0 Å². The van der Waals surface area contributed by atoms with E-state index < -0.39 is 18.2 Å². The molecule has 1 rings (SSSR count). The van der Waals surface area contributed by atoms with Crippen molar-refractivity contribution in [3.05, 3.63) is 21.9 Å². The molecule has 6 heteroatoms. The first-order valence-corrected chi connectivity index (χ1v) is 5.41. The molecule has 2 unspecified atom stereocenters. The Balaban J connectivity index is 2.94. The van der Waals surface area contributed by atoms with E-state index in [2.05, 4.69) is 12.6 Å². The highest BCUT2D eigenvalue weighted by molar-refractivity contribution is 7.80. The van der Waals surface area contributed by atoms with Gasteiger partial charge in [-0.15, -0.1) is 0 Å². The van der Waals surface area contributed by atoms with Gasteiger partial charge in [0.15, 0.2) is 0 Å². The summed E-state index contributed by atoms with van der Waals surface area (Å²) in [6.45, 7) is 0. The molecule has 0 spiro atoms. The van der Waals surface area contributed by atoms with Crippen LogP contribution in [0, 0.1) is 0 Å². The zero-order chi connectivity index (χ0) is 10.7. The van der Waals surface area contributed by atoms with Gasteiger partial charge in [0.25, 0.3) is 0 Å². The van der Waals surface area contributed by atoms with Crippen LogP contribution in [-0.4, -0.2) is 33.1 Å². The van der Waals surface area contributed by atoms with E-state index in [1.165, 1.54) is 22.1 Å². The van der Waals surface area contributed by atoms with Crippen LogP contribution in [-0.2, 0) is 0 Å². The fourth-order valence-electron chi connectivity index (χ4n) is 1.02. The average molecular weight is 234 g/mol. The van der Waals surface area contributed by atoms with Crippen molar-refractivity contribution in [1.82, 2.24) is 0 Å². The molecule has 0 aromatic carbocycles. The normalized spacial score (nSPS) is 15.1. The first-order valence-electron chi connectivity index (χ1n) is 3.84. The second-order valence-corrected chi connectivity index (χ2v) is 3.85. The van der Waals surface area contributed by atoms with E-state index in [1.807, 2.05) is 0 Å². The summed E-state index contributed by atoms with van der Waals surface area (Å²) in [6.07, 6.45) is -2.24. The number of rotatable bonds is 4. The number of aliphatic hydroxyl groups excluding tert-OH is 2. The molecule has 14 heavy (non-hydrogen) atoms. The topological polar surface area (TPSA) is 77.8 Å². The molecule has 1 aromatic heterocycles. The minimum Gasteiger partial charge on any atom is -0.478 e. The van der Waals surface area contributed by atoms with Crippen LogP contribution in [0.15, 0.2) is 10.8 Å². The Morgan fingerprint density at radius 2 is 2.14 bits per heavy atom. The zero-order valence-corrected chi connectivity index (χ0v) is 8.83. The number of thiol groups is 1. The SMILES string of the molecule is O=C(O)c1cscc1C(O)C(O)CS. The zero-order valence-electron chi connectivity index (χ0n) is 7.12. The van der Waals surface area contributed by atoms with E-state index in [9.17, 15) is 15.0 Å². The summed E-state index contributed by atoms with van der Waals surface area (Å²) in [5.74, 6) is -1.03. The van der Waals surface area contributed by atoms with Crippen LogP contribution in [0.5, 0.6) is 0 Å². The van der Waals surface area contributed by atoms with Crippen LogP contribution in [0.3, 0.4) is 0 Å². The summed E-state index contributed by atoms with van der Waals surface area (Å²) < 4.78 is 0. The molecule has 0 aliphatic rings. The third-order valence-electron chi connectivity index (χ3n) is 1.79. The molecule has 3 N–H and O–H groups in total. The first-order chi connectivity index (χ1) is 6.57. The summed E-state index contributed by atoms with van der Waals surface area (Å²) in [7, 11) is 0. The van der Waals surface area contributed by atoms with Crippen molar-refractivity contribution in [2.24, 2.45) is 0 Å². The average Bonchev–Trinajstić information content (AvgIpc) is 2.63. The molecule has 0 aliphatic carbocycles. The minimum absolute atomic E-state index is 0.0309. The molecule has 0 bridgehead atoms. The Kier molecular flexibility index (Phi) is 3.94. The lowest BCUT2D eigenvalue weighted by molar-refractivity contribution is 0.0326. The van der Waals surface area contributed by atoms with Crippen LogP contribution in [0.2, 0.25) is 0 Å². The summed E-state index contributed by atoms with van der Waals surface area (Å²) in [4.78, 5) is 10.7. The molecule has 0 saturated carbocycles. The minimum atomic E-state index is -1.19. The van der Waals surface area contributed by atoms with Gasteiger partial charge in [0.1, 0.15) is 6.10 Å². The van der Waals surface area contributed by atoms with Gasteiger partial charge in [0.2, 0.25) is 0 Å². The third kappa shape index (κ3) is 2.27. The first kappa shape index (κ1) is 11.5. The van der Waals surface area contributed by atoms with Crippen LogP contribution in [0.4, 0.5) is 0 Å². The largest absolute Gasteiger partial charge is 0.478 e. The summed E-state index contributed by atoms with van der Waals surface area (Å²) in [5.41, 5.74) is 0.271. The highest BCUT2D eigenvalue weighted by Gasteiger charge is 2.23. The number of aliphatic hydroxyl groups is 2. The van der Waals surface area contributed by atoms with Crippen molar-refractivity contribution < 1.29 is 20.1 Å². The maximum Gasteiger partial charge on any atom is 0.336 e. The van der Waals surface area contributed by atoms with Crippen molar-refractivity contribution in [2.75, 3.05) is 5.75 Å².